The zero-order valence-electron chi connectivity index (χ0n) is 11.1. The summed E-state index contributed by atoms with van der Waals surface area (Å²) in [6.45, 7) is 4.69. The van der Waals surface area contributed by atoms with E-state index in [1.165, 1.54) is 4.90 Å². The van der Waals surface area contributed by atoms with Crippen LogP contribution in [0, 0.1) is 17.5 Å². The highest BCUT2D eigenvalue weighted by Gasteiger charge is 2.30. The van der Waals surface area contributed by atoms with E-state index in [0.717, 1.165) is 12.1 Å². The Morgan fingerprint density at radius 2 is 1.90 bits per heavy atom. The molecule has 0 radical (unpaired) electrons. The van der Waals surface area contributed by atoms with E-state index in [4.69, 9.17) is 0 Å². The summed E-state index contributed by atoms with van der Waals surface area (Å²) in [6.07, 6.45) is 0. The number of halogens is 4. The van der Waals surface area contributed by atoms with E-state index in [1.807, 2.05) is 13.8 Å². The largest absolute Gasteiger partial charge is 0.333 e. The first kappa shape index (κ1) is 16.8. The quantitative estimate of drug-likeness (QED) is 0.808. The van der Waals surface area contributed by atoms with Gasteiger partial charge in [0.15, 0.2) is 17.5 Å². The predicted molar refractivity (Wildman–Crippen MR) is 71.5 cm³/mol. The molecule has 1 aromatic carbocycles. The van der Waals surface area contributed by atoms with Crippen LogP contribution in [0.15, 0.2) is 12.1 Å². The molecule has 0 aromatic heterocycles. The van der Waals surface area contributed by atoms with Crippen molar-refractivity contribution in [3.05, 3.63) is 35.1 Å². The van der Waals surface area contributed by atoms with E-state index in [-0.39, 0.29) is 24.5 Å². The Morgan fingerprint density at radius 3 is 2.55 bits per heavy atom. The number of rotatable bonds is 1. The number of hydrogen-bond donors (Lipinski definition) is 1. The van der Waals surface area contributed by atoms with Gasteiger partial charge >= 0.3 is 0 Å². The third-order valence-corrected chi connectivity index (χ3v) is 3.29. The van der Waals surface area contributed by atoms with E-state index >= 15 is 0 Å². The van der Waals surface area contributed by atoms with Gasteiger partial charge < -0.3 is 10.2 Å². The highest BCUT2D eigenvalue weighted by atomic mass is 35.5. The van der Waals surface area contributed by atoms with E-state index in [1.54, 1.807) is 0 Å². The van der Waals surface area contributed by atoms with Crippen LogP contribution in [-0.4, -0.2) is 36.0 Å². The Bertz CT molecular complexity index is 513. The molecule has 2 unspecified atom stereocenters. The van der Waals surface area contributed by atoms with Gasteiger partial charge in [0, 0.05) is 25.2 Å². The van der Waals surface area contributed by atoms with Crippen LogP contribution in [0.1, 0.15) is 24.2 Å². The standard InChI is InChI=1S/C13H15F3N2O.ClH/c1-7-6-18(8(2)5-17-7)13(19)9-3-4-10(14)12(16)11(9)15;/h3-4,7-8,17H,5-6H2,1-2H3;1H. The van der Waals surface area contributed by atoms with Crippen LogP contribution in [-0.2, 0) is 0 Å². The van der Waals surface area contributed by atoms with E-state index < -0.39 is 28.9 Å². The molecular weight excluding hydrogens is 293 g/mol. The Balaban J connectivity index is 0.00000200. The molecule has 1 aliphatic rings. The summed E-state index contributed by atoms with van der Waals surface area (Å²) in [5, 5.41) is 3.18. The Kier molecular flexibility index (Phi) is 5.42. The molecule has 1 heterocycles. The van der Waals surface area contributed by atoms with Crippen LogP contribution in [0.2, 0.25) is 0 Å². The predicted octanol–water partition coefficient (Wildman–Crippen LogP) is 2.35. The maximum absolute atomic E-state index is 13.6. The second-order valence-electron chi connectivity index (χ2n) is 4.84. The van der Waals surface area contributed by atoms with Crippen molar-refractivity contribution >= 4 is 18.3 Å². The molecule has 0 aliphatic carbocycles. The van der Waals surface area contributed by atoms with Gasteiger partial charge in [-0.1, -0.05) is 0 Å². The number of amides is 1. The first-order valence-corrected chi connectivity index (χ1v) is 6.09. The minimum absolute atomic E-state index is 0. The molecule has 3 nitrogen and oxygen atoms in total. The number of nitrogens with one attached hydrogen (secondary N) is 1. The molecule has 2 atom stereocenters. The van der Waals surface area contributed by atoms with Gasteiger partial charge in [-0.15, -0.1) is 12.4 Å². The molecule has 1 aromatic rings. The zero-order valence-corrected chi connectivity index (χ0v) is 11.9. The van der Waals surface area contributed by atoms with Gasteiger partial charge in [-0.25, -0.2) is 13.2 Å². The van der Waals surface area contributed by atoms with Crippen molar-refractivity contribution in [3.8, 4) is 0 Å². The highest BCUT2D eigenvalue weighted by molar-refractivity contribution is 5.94. The molecular formula is C13H16ClF3N2O. The molecule has 1 saturated heterocycles. The molecule has 0 spiro atoms. The molecule has 1 amide bonds. The number of hydrogen-bond acceptors (Lipinski definition) is 2. The summed E-state index contributed by atoms with van der Waals surface area (Å²) >= 11 is 0. The van der Waals surface area contributed by atoms with Crippen molar-refractivity contribution in [2.45, 2.75) is 25.9 Å². The maximum atomic E-state index is 13.6. The van der Waals surface area contributed by atoms with E-state index in [9.17, 15) is 18.0 Å². The Labute approximate surface area is 121 Å². The van der Waals surface area contributed by atoms with Crippen molar-refractivity contribution in [1.82, 2.24) is 10.2 Å². The fourth-order valence-electron chi connectivity index (χ4n) is 2.15. The van der Waals surface area contributed by atoms with Crippen LogP contribution >= 0.6 is 12.4 Å². The zero-order chi connectivity index (χ0) is 14.2. The van der Waals surface area contributed by atoms with Crippen molar-refractivity contribution in [3.63, 3.8) is 0 Å². The molecule has 7 heteroatoms. The molecule has 2 rings (SSSR count). The first-order valence-electron chi connectivity index (χ1n) is 6.09. The van der Waals surface area contributed by atoms with Crippen molar-refractivity contribution in [2.75, 3.05) is 13.1 Å². The third-order valence-electron chi connectivity index (χ3n) is 3.29. The summed E-state index contributed by atoms with van der Waals surface area (Å²) in [6, 6.07) is 1.70. The summed E-state index contributed by atoms with van der Waals surface area (Å²) in [4.78, 5) is 13.7. The van der Waals surface area contributed by atoms with Gasteiger partial charge in [0.2, 0.25) is 0 Å². The van der Waals surface area contributed by atoms with Gasteiger partial charge in [-0.3, -0.25) is 4.79 Å². The average molecular weight is 309 g/mol. The van der Waals surface area contributed by atoms with Gasteiger partial charge in [0.1, 0.15) is 0 Å². The Hall–Kier alpha value is -1.27. The van der Waals surface area contributed by atoms with Gasteiger partial charge in [-0.05, 0) is 26.0 Å². The van der Waals surface area contributed by atoms with Gasteiger partial charge in [0.05, 0.1) is 5.56 Å². The third kappa shape index (κ3) is 3.07. The summed E-state index contributed by atoms with van der Waals surface area (Å²) in [7, 11) is 0. The van der Waals surface area contributed by atoms with Crippen LogP contribution in [0.25, 0.3) is 0 Å². The molecule has 112 valence electrons. The van der Waals surface area contributed by atoms with Crippen molar-refractivity contribution in [1.29, 1.82) is 0 Å². The first-order chi connectivity index (χ1) is 8.91. The van der Waals surface area contributed by atoms with Crippen LogP contribution in [0.3, 0.4) is 0 Å². The smallest absolute Gasteiger partial charge is 0.257 e. The summed E-state index contributed by atoms with van der Waals surface area (Å²) < 4.78 is 39.6. The lowest BCUT2D eigenvalue weighted by Gasteiger charge is -2.37. The fourth-order valence-corrected chi connectivity index (χ4v) is 2.15. The lowest BCUT2D eigenvalue weighted by Crippen LogP contribution is -2.56. The normalized spacial score (nSPS) is 22.4. The van der Waals surface area contributed by atoms with Gasteiger partial charge in [-0.2, -0.15) is 0 Å². The Morgan fingerprint density at radius 1 is 1.25 bits per heavy atom. The van der Waals surface area contributed by atoms with E-state index in [0.29, 0.717) is 13.1 Å². The van der Waals surface area contributed by atoms with Crippen LogP contribution < -0.4 is 5.32 Å². The monoisotopic (exact) mass is 308 g/mol. The number of piperazine rings is 1. The van der Waals surface area contributed by atoms with Crippen LogP contribution in [0.4, 0.5) is 13.2 Å². The SMILES string of the molecule is CC1CN(C(=O)c2ccc(F)c(F)c2F)C(C)CN1.Cl. The van der Waals surface area contributed by atoms with Crippen molar-refractivity contribution in [2.24, 2.45) is 0 Å². The van der Waals surface area contributed by atoms with Gasteiger partial charge in [0.25, 0.3) is 5.91 Å². The number of nitrogens with zero attached hydrogens (tertiary/aromatic N) is 1. The molecule has 20 heavy (non-hydrogen) atoms. The second kappa shape index (κ2) is 6.45. The topological polar surface area (TPSA) is 32.3 Å². The fraction of sp³-hybridized carbons (Fsp3) is 0.462. The van der Waals surface area contributed by atoms with E-state index in [2.05, 4.69) is 5.32 Å². The minimum atomic E-state index is -1.61. The summed E-state index contributed by atoms with van der Waals surface area (Å²) in [5.74, 6) is -4.95. The lowest BCUT2D eigenvalue weighted by molar-refractivity contribution is 0.0610. The molecule has 1 N–H and O–H groups in total. The van der Waals surface area contributed by atoms with Crippen molar-refractivity contribution < 1.29 is 18.0 Å². The minimum Gasteiger partial charge on any atom is -0.333 e. The second-order valence-corrected chi connectivity index (χ2v) is 4.84. The molecule has 1 aliphatic heterocycles. The van der Waals surface area contributed by atoms with Crippen LogP contribution in [0.5, 0.6) is 0 Å². The lowest BCUT2D eigenvalue weighted by atomic mass is 10.1. The highest BCUT2D eigenvalue weighted by Crippen LogP contribution is 2.19. The number of carbonyl (C=O) groups is 1. The molecule has 1 fully saturated rings. The summed E-state index contributed by atoms with van der Waals surface area (Å²) in [5.41, 5.74) is -0.431. The number of carbonyl (C=O) groups excluding carboxylic acids is 1. The molecule has 0 bridgehead atoms. The molecule has 0 saturated carbocycles. The average Bonchev–Trinajstić information content (AvgIpc) is 2.38. The number of benzene rings is 1. The maximum Gasteiger partial charge on any atom is 0.257 e.